The number of esters is 1. The van der Waals surface area contributed by atoms with E-state index in [1.165, 1.54) is 398 Å². The van der Waals surface area contributed by atoms with Crippen LogP contribution in [0.4, 0.5) is 0 Å². The summed E-state index contributed by atoms with van der Waals surface area (Å²) in [6, 6.07) is -0.540. The fourth-order valence-corrected chi connectivity index (χ4v) is 13.4. The van der Waals surface area contributed by atoms with E-state index in [4.69, 9.17) is 4.74 Å². The average Bonchev–Trinajstić information content (AvgIpc) is 3.69. The Kier molecular flexibility index (Phi) is 78.3. The molecule has 0 heterocycles. The molecule has 0 bridgehead atoms. The van der Waals surface area contributed by atoms with Crippen LogP contribution in [0.3, 0.4) is 0 Å². The summed E-state index contributed by atoms with van der Waals surface area (Å²) in [7, 11) is 0. The first-order chi connectivity index (χ1) is 44.5. The highest BCUT2D eigenvalue weighted by Crippen LogP contribution is 2.20. The zero-order chi connectivity index (χ0) is 64.9. The van der Waals surface area contributed by atoms with E-state index in [2.05, 4.69) is 43.5 Å². The number of ether oxygens (including phenoxy) is 1. The van der Waals surface area contributed by atoms with Crippen molar-refractivity contribution in [2.45, 2.75) is 488 Å². The van der Waals surface area contributed by atoms with Crippen LogP contribution < -0.4 is 5.32 Å². The Hall–Kier alpha value is -1.66. The topological polar surface area (TPSA) is 95.9 Å². The molecular formula is C84H163NO5. The van der Waals surface area contributed by atoms with Gasteiger partial charge in [-0.15, -0.1) is 0 Å². The third-order valence-electron chi connectivity index (χ3n) is 19.8. The minimum Gasteiger partial charge on any atom is -0.466 e. The molecule has 0 aromatic carbocycles. The first-order valence-corrected chi connectivity index (χ1v) is 41.6. The standard InChI is InChI=1S/C84H163NO5/c1-3-5-7-9-11-13-15-17-19-21-44-48-52-56-60-64-68-72-76-82(87)81(80-86)85-83(88)77-73-69-65-61-57-53-49-45-42-40-38-36-34-32-30-28-26-24-23-25-27-29-31-33-35-37-39-41-43-47-51-55-59-63-67-71-75-79-90-84(89)78-74-70-66-62-58-54-50-46-22-20-18-16-14-12-10-8-6-4-2/h23,25,29,31,81-82,86-87H,3-22,24,26-28,30,32-80H2,1-2H3,(H,85,88)/b25-23-,31-29-. The van der Waals surface area contributed by atoms with E-state index in [1.54, 1.807) is 0 Å². The van der Waals surface area contributed by atoms with Crippen molar-refractivity contribution >= 4 is 11.9 Å². The Labute approximate surface area is 564 Å². The van der Waals surface area contributed by atoms with Gasteiger partial charge in [0.15, 0.2) is 0 Å². The number of carbonyl (C=O) groups excluding carboxylic acids is 2. The molecule has 0 aromatic heterocycles. The van der Waals surface area contributed by atoms with Gasteiger partial charge in [0, 0.05) is 12.8 Å². The van der Waals surface area contributed by atoms with Gasteiger partial charge in [0.25, 0.3) is 0 Å². The van der Waals surface area contributed by atoms with Crippen LogP contribution in [0.25, 0.3) is 0 Å². The molecule has 2 atom stereocenters. The van der Waals surface area contributed by atoms with Gasteiger partial charge < -0.3 is 20.3 Å². The molecule has 0 rings (SSSR count). The molecule has 0 aliphatic carbocycles. The molecule has 90 heavy (non-hydrogen) atoms. The van der Waals surface area contributed by atoms with Crippen LogP contribution in [-0.2, 0) is 14.3 Å². The molecule has 6 nitrogen and oxygen atoms in total. The zero-order valence-electron chi connectivity index (χ0n) is 61.4. The molecule has 0 spiro atoms. The van der Waals surface area contributed by atoms with Crippen molar-refractivity contribution in [3.05, 3.63) is 24.3 Å². The highest BCUT2D eigenvalue weighted by Gasteiger charge is 2.20. The minimum absolute atomic E-state index is 0.0243. The second-order valence-electron chi connectivity index (χ2n) is 28.8. The average molecular weight is 1270 g/mol. The van der Waals surface area contributed by atoms with Crippen molar-refractivity contribution < 1.29 is 24.5 Å². The number of carbonyl (C=O) groups is 2. The van der Waals surface area contributed by atoms with E-state index >= 15 is 0 Å². The lowest BCUT2D eigenvalue weighted by Crippen LogP contribution is -2.45. The monoisotopic (exact) mass is 1270 g/mol. The van der Waals surface area contributed by atoms with Crippen LogP contribution in [0.2, 0.25) is 0 Å². The van der Waals surface area contributed by atoms with Crippen LogP contribution in [-0.4, -0.2) is 47.4 Å². The third-order valence-corrected chi connectivity index (χ3v) is 19.8. The minimum atomic E-state index is -0.663. The van der Waals surface area contributed by atoms with Gasteiger partial charge >= 0.3 is 5.97 Å². The predicted molar refractivity (Wildman–Crippen MR) is 398 cm³/mol. The number of rotatable bonds is 79. The Morgan fingerprint density at radius 3 is 0.844 bits per heavy atom. The van der Waals surface area contributed by atoms with Gasteiger partial charge in [-0.05, 0) is 57.8 Å². The first kappa shape index (κ1) is 88.3. The fourth-order valence-electron chi connectivity index (χ4n) is 13.4. The third kappa shape index (κ3) is 75.4. The van der Waals surface area contributed by atoms with Crippen LogP contribution in [0.1, 0.15) is 476 Å². The summed E-state index contributed by atoms with van der Waals surface area (Å²) in [4.78, 5) is 24.7. The molecule has 0 fully saturated rings. The molecule has 2 unspecified atom stereocenters. The van der Waals surface area contributed by atoms with Gasteiger partial charge in [-0.2, -0.15) is 0 Å². The summed E-state index contributed by atoms with van der Waals surface area (Å²) in [6.07, 6.45) is 103. The highest BCUT2D eigenvalue weighted by atomic mass is 16.5. The number of hydrogen-bond acceptors (Lipinski definition) is 5. The number of hydrogen-bond donors (Lipinski definition) is 3. The lowest BCUT2D eigenvalue weighted by molar-refractivity contribution is -0.143. The number of aliphatic hydroxyl groups is 2. The summed E-state index contributed by atoms with van der Waals surface area (Å²) >= 11 is 0. The van der Waals surface area contributed by atoms with Crippen molar-refractivity contribution in [2.75, 3.05) is 13.2 Å². The van der Waals surface area contributed by atoms with E-state index in [-0.39, 0.29) is 18.5 Å². The first-order valence-electron chi connectivity index (χ1n) is 41.6. The van der Waals surface area contributed by atoms with Gasteiger partial charge in [-0.25, -0.2) is 0 Å². The number of allylic oxidation sites excluding steroid dienone is 4. The van der Waals surface area contributed by atoms with Crippen LogP contribution >= 0.6 is 0 Å². The molecule has 0 aliphatic heterocycles. The second kappa shape index (κ2) is 79.8. The van der Waals surface area contributed by atoms with Gasteiger partial charge in [-0.3, -0.25) is 9.59 Å². The SMILES string of the molecule is CCCCCCCCCCCCCCCCCCCCC(=O)OCCCCCCCCCCCCCCC/C=C\C/C=C\CCCCCCCCCCCCCCCCCCCC(=O)NC(CO)C(O)CCCCCCCCCCCCCCCCCCCC. The van der Waals surface area contributed by atoms with Crippen LogP contribution in [0, 0.1) is 0 Å². The van der Waals surface area contributed by atoms with Gasteiger partial charge in [0.05, 0.1) is 25.4 Å². The molecular weight excluding hydrogens is 1100 g/mol. The maximum absolute atomic E-state index is 12.6. The van der Waals surface area contributed by atoms with Crippen molar-refractivity contribution in [3.63, 3.8) is 0 Å². The lowest BCUT2D eigenvalue weighted by Gasteiger charge is -2.22. The van der Waals surface area contributed by atoms with E-state index < -0.39 is 12.1 Å². The van der Waals surface area contributed by atoms with Crippen molar-refractivity contribution in [1.29, 1.82) is 0 Å². The molecule has 3 N–H and O–H groups in total. The summed E-state index contributed by atoms with van der Waals surface area (Å²) < 4.78 is 5.52. The van der Waals surface area contributed by atoms with Crippen LogP contribution in [0.5, 0.6) is 0 Å². The second-order valence-corrected chi connectivity index (χ2v) is 28.8. The molecule has 0 saturated carbocycles. The van der Waals surface area contributed by atoms with E-state index in [1.807, 2.05) is 0 Å². The van der Waals surface area contributed by atoms with E-state index in [0.29, 0.717) is 25.9 Å². The van der Waals surface area contributed by atoms with Crippen molar-refractivity contribution in [2.24, 2.45) is 0 Å². The molecule has 0 aromatic rings. The fraction of sp³-hybridized carbons (Fsp3) is 0.929. The number of aliphatic hydroxyl groups excluding tert-OH is 2. The Balaban J connectivity index is 3.34. The summed E-state index contributed by atoms with van der Waals surface area (Å²) in [6.45, 7) is 5.01. The quantitative estimate of drug-likeness (QED) is 0.0320. The summed E-state index contributed by atoms with van der Waals surface area (Å²) in [5, 5.41) is 23.4. The van der Waals surface area contributed by atoms with E-state index in [0.717, 1.165) is 44.9 Å². The number of amides is 1. The zero-order valence-corrected chi connectivity index (χ0v) is 61.4. The van der Waals surface area contributed by atoms with Gasteiger partial charge in [0.1, 0.15) is 0 Å². The lowest BCUT2D eigenvalue weighted by atomic mass is 10.0. The van der Waals surface area contributed by atoms with Gasteiger partial charge in [-0.1, -0.05) is 430 Å². The summed E-state index contributed by atoms with van der Waals surface area (Å²) in [5.41, 5.74) is 0. The molecule has 534 valence electrons. The molecule has 0 radical (unpaired) electrons. The molecule has 6 heteroatoms. The molecule has 0 aliphatic rings. The summed E-state index contributed by atoms with van der Waals surface area (Å²) in [5.74, 6) is -0.00317. The number of unbranched alkanes of at least 4 members (excludes halogenated alkanes) is 64. The molecule has 0 saturated heterocycles. The smallest absolute Gasteiger partial charge is 0.305 e. The predicted octanol–water partition coefficient (Wildman–Crippen LogP) is 27.6. The van der Waals surface area contributed by atoms with Crippen LogP contribution in [0.15, 0.2) is 24.3 Å². The Morgan fingerprint density at radius 1 is 0.311 bits per heavy atom. The van der Waals surface area contributed by atoms with Crippen molar-refractivity contribution in [3.8, 4) is 0 Å². The van der Waals surface area contributed by atoms with Crippen molar-refractivity contribution in [1.82, 2.24) is 5.32 Å². The maximum atomic E-state index is 12.6. The Bertz CT molecular complexity index is 1410. The van der Waals surface area contributed by atoms with E-state index in [9.17, 15) is 19.8 Å². The highest BCUT2D eigenvalue weighted by molar-refractivity contribution is 5.76. The Morgan fingerprint density at radius 2 is 0.556 bits per heavy atom. The number of nitrogens with one attached hydrogen (secondary N) is 1. The maximum Gasteiger partial charge on any atom is 0.305 e. The largest absolute Gasteiger partial charge is 0.466 e. The van der Waals surface area contributed by atoms with Gasteiger partial charge in [0.2, 0.25) is 5.91 Å². The molecule has 1 amide bonds. The normalized spacial score (nSPS) is 12.5.